The van der Waals surface area contributed by atoms with Gasteiger partial charge in [-0.05, 0) is 25.1 Å². The fraction of sp³-hybridized carbons (Fsp3) is 0.143. The molecule has 23 heavy (non-hydrogen) atoms. The molecule has 0 atom stereocenters. The summed E-state index contributed by atoms with van der Waals surface area (Å²) in [6.07, 6.45) is 1.45. The van der Waals surface area contributed by atoms with E-state index < -0.39 is 0 Å². The lowest BCUT2D eigenvalue weighted by Gasteiger charge is -2.03. The Morgan fingerprint density at radius 3 is 3.00 bits per heavy atom. The first kappa shape index (κ1) is 15.0. The number of hydrogen-bond acceptors (Lipinski definition) is 8. The molecule has 0 saturated carbocycles. The number of fused-ring (bicyclic) bond motifs is 1. The molecule has 0 spiro atoms. The highest BCUT2D eigenvalue weighted by molar-refractivity contribution is 7.20. The summed E-state index contributed by atoms with van der Waals surface area (Å²) in [5.74, 6) is 0.141. The monoisotopic (exact) mass is 331 g/mol. The number of nitrogen functional groups attached to an aromatic ring is 1. The van der Waals surface area contributed by atoms with E-state index in [9.17, 15) is 10.0 Å². The number of nitrogens with one attached hydrogen (secondary N) is 1. The van der Waals surface area contributed by atoms with Gasteiger partial charge in [0.2, 0.25) is 5.95 Å². The summed E-state index contributed by atoms with van der Waals surface area (Å²) in [6, 6.07) is 4.94. The summed E-state index contributed by atoms with van der Waals surface area (Å²) < 4.78 is 5.25. The Morgan fingerprint density at radius 1 is 1.52 bits per heavy atom. The molecule has 0 aliphatic heterocycles. The molecular weight excluding hydrogens is 318 g/mol. The van der Waals surface area contributed by atoms with Gasteiger partial charge in [-0.3, -0.25) is 4.79 Å². The first-order valence-corrected chi connectivity index (χ1v) is 7.57. The van der Waals surface area contributed by atoms with Crippen molar-refractivity contribution in [2.45, 2.75) is 6.92 Å². The number of nitrogens with zero attached hydrogens (tertiary/aromatic N) is 3. The van der Waals surface area contributed by atoms with Crippen LogP contribution in [0.1, 0.15) is 28.0 Å². The molecule has 0 aliphatic rings. The second kappa shape index (κ2) is 6.05. The fourth-order valence-electron chi connectivity index (χ4n) is 2.10. The third kappa shape index (κ3) is 2.73. The normalized spacial score (nSPS) is 11.8. The molecule has 0 unspecified atom stereocenters. The van der Waals surface area contributed by atoms with Gasteiger partial charge in [0.15, 0.2) is 11.5 Å². The van der Waals surface area contributed by atoms with Crippen LogP contribution in [0.25, 0.3) is 10.2 Å². The highest BCUT2D eigenvalue weighted by Crippen LogP contribution is 2.28. The molecule has 0 bridgehead atoms. The Hall–Kier alpha value is -2.94. The molecule has 9 heteroatoms. The molecule has 3 aromatic heterocycles. The molecule has 0 saturated heterocycles. The zero-order valence-corrected chi connectivity index (χ0v) is 12.9. The lowest BCUT2D eigenvalue weighted by molar-refractivity contribution is 0.0960. The summed E-state index contributed by atoms with van der Waals surface area (Å²) in [5, 5.41) is 15.9. The van der Waals surface area contributed by atoms with Gasteiger partial charge in [0.05, 0.1) is 11.1 Å². The number of oxime groups is 1. The third-order valence-corrected chi connectivity index (χ3v) is 4.08. The Labute approximate surface area is 134 Å². The Balaban J connectivity index is 2.18. The van der Waals surface area contributed by atoms with Crippen molar-refractivity contribution in [3.8, 4) is 0 Å². The largest absolute Gasteiger partial charge is 0.463 e. The highest BCUT2D eigenvalue weighted by atomic mass is 32.1. The summed E-state index contributed by atoms with van der Waals surface area (Å²) in [7, 11) is 0. The van der Waals surface area contributed by atoms with Gasteiger partial charge in [-0.25, -0.2) is 9.97 Å². The number of aromatic nitrogens is 2. The van der Waals surface area contributed by atoms with E-state index in [1.165, 1.54) is 17.6 Å². The van der Waals surface area contributed by atoms with Crippen molar-refractivity contribution in [1.29, 1.82) is 0 Å². The van der Waals surface area contributed by atoms with Gasteiger partial charge < -0.3 is 20.7 Å². The minimum absolute atomic E-state index is 0.0181. The van der Waals surface area contributed by atoms with E-state index in [1.54, 1.807) is 18.2 Å². The summed E-state index contributed by atoms with van der Waals surface area (Å²) in [6.45, 7) is 2.35. The van der Waals surface area contributed by atoms with Crippen molar-refractivity contribution in [3.63, 3.8) is 0 Å². The van der Waals surface area contributed by atoms with Crippen molar-refractivity contribution in [1.82, 2.24) is 15.3 Å². The molecule has 3 aromatic rings. The van der Waals surface area contributed by atoms with Gasteiger partial charge in [0.1, 0.15) is 10.5 Å². The molecule has 1 amide bonds. The second-order valence-corrected chi connectivity index (χ2v) is 5.58. The third-order valence-electron chi connectivity index (χ3n) is 3.05. The lowest BCUT2D eigenvalue weighted by atomic mass is 10.1. The van der Waals surface area contributed by atoms with Crippen LogP contribution in [0.4, 0.5) is 5.95 Å². The van der Waals surface area contributed by atoms with Crippen LogP contribution >= 0.6 is 11.3 Å². The molecule has 8 nitrogen and oxygen atoms in total. The number of carbonyl (C=O) groups is 1. The highest BCUT2D eigenvalue weighted by Gasteiger charge is 2.21. The molecule has 3 heterocycles. The average molecular weight is 331 g/mol. The van der Waals surface area contributed by atoms with E-state index in [0.29, 0.717) is 33.1 Å². The van der Waals surface area contributed by atoms with Crippen LogP contribution in [-0.2, 0) is 0 Å². The van der Waals surface area contributed by atoms with Gasteiger partial charge >= 0.3 is 0 Å². The van der Waals surface area contributed by atoms with Crippen LogP contribution in [0.3, 0.4) is 0 Å². The predicted octanol–water partition coefficient (Wildman–Crippen LogP) is 1.84. The number of thiophene rings is 1. The first-order valence-electron chi connectivity index (χ1n) is 6.75. The van der Waals surface area contributed by atoms with Gasteiger partial charge in [-0.2, -0.15) is 0 Å². The molecule has 0 aliphatic carbocycles. The minimum atomic E-state index is -0.208. The van der Waals surface area contributed by atoms with Gasteiger partial charge in [0, 0.05) is 11.9 Å². The Bertz CT molecular complexity index is 885. The molecule has 0 aromatic carbocycles. The van der Waals surface area contributed by atoms with Crippen LogP contribution in [0.5, 0.6) is 0 Å². The molecule has 0 fully saturated rings. The maximum atomic E-state index is 12.0. The minimum Gasteiger partial charge on any atom is -0.463 e. The van der Waals surface area contributed by atoms with Crippen molar-refractivity contribution in [2.24, 2.45) is 5.16 Å². The standard InChI is InChI=1S/C14H13N5O3S/c1-2-16-12(20)9-6-7-10(17-14(15)18-13(7)23-9)11(19-21)8-4-3-5-22-8/h3-6,21H,2H2,1H3,(H,16,20)(H2,15,17,18)/b19-11+. The van der Waals surface area contributed by atoms with Crippen molar-refractivity contribution in [2.75, 3.05) is 12.3 Å². The topological polar surface area (TPSA) is 127 Å². The van der Waals surface area contributed by atoms with E-state index in [-0.39, 0.29) is 17.6 Å². The van der Waals surface area contributed by atoms with Gasteiger partial charge in [-0.15, -0.1) is 11.3 Å². The SMILES string of the molecule is CCNC(=O)c1cc2c(/C(=N/O)c3ccco3)nc(N)nc2s1. The summed E-state index contributed by atoms with van der Waals surface area (Å²) >= 11 is 1.19. The number of hydrogen-bond donors (Lipinski definition) is 3. The molecule has 4 N–H and O–H groups in total. The van der Waals surface area contributed by atoms with Gasteiger partial charge in [-0.1, -0.05) is 5.16 Å². The zero-order chi connectivity index (χ0) is 16.4. The smallest absolute Gasteiger partial charge is 0.261 e. The van der Waals surface area contributed by atoms with Crippen molar-refractivity contribution in [3.05, 3.63) is 40.8 Å². The molecule has 0 radical (unpaired) electrons. The number of carbonyl (C=O) groups excluding carboxylic acids is 1. The quantitative estimate of drug-likeness (QED) is 0.380. The predicted molar refractivity (Wildman–Crippen MR) is 86.0 cm³/mol. The first-order chi connectivity index (χ1) is 11.1. The van der Waals surface area contributed by atoms with Crippen molar-refractivity contribution < 1.29 is 14.4 Å². The van der Waals surface area contributed by atoms with Gasteiger partial charge in [0.25, 0.3) is 5.91 Å². The van der Waals surface area contributed by atoms with E-state index in [0.717, 1.165) is 0 Å². The Kier molecular flexibility index (Phi) is 3.94. The van der Waals surface area contributed by atoms with E-state index in [1.807, 2.05) is 6.92 Å². The number of rotatable bonds is 4. The number of nitrogens with two attached hydrogens (primary N) is 1. The van der Waals surface area contributed by atoms with Crippen LogP contribution in [0.2, 0.25) is 0 Å². The average Bonchev–Trinajstić information content (AvgIpc) is 3.17. The molecule has 118 valence electrons. The number of amides is 1. The summed E-state index contributed by atoms with van der Waals surface area (Å²) in [4.78, 5) is 21.3. The van der Waals surface area contributed by atoms with Crippen molar-refractivity contribution >= 4 is 39.1 Å². The van der Waals surface area contributed by atoms with Crippen LogP contribution in [0.15, 0.2) is 34.0 Å². The second-order valence-electron chi connectivity index (χ2n) is 4.55. The van der Waals surface area contributed by atoms with E-state index in [2.05, 4.69) is 20.4 Å². The van der Waals surface area contributed by atoms with Crippen LogP contribution in [0, 0.1) is 0 Å². The van der Waals surface area contributed by atoms with E-state index >= 15 is 0 Å². The lowest BCUT2D eigenvalue weighted by Crippen LogP contribution is -2.21. The molecule has 3 rings (SSSR count). The molecular formula is C14H13N5O3S. The zero-order valence-electron chi connectivity index (χ0n) is 12.1. The summed E-state index contributed by atoms with van der Waals surface area (Å²) in [5.41, 5.74) is 6.15. The number of furan rings is 1. The Morgan fingerprint density at radius 2 is 2.35 bits per heavy atom. The van der Waals surface area contributed by atoms with E-state index in [4.69, 9.17) is 10.2 Å². The van der Waals surface area contributed by atoms with Crippen LogP contribution < -0.4 is 11.1 Å². The number of anilines is 1. The fourth-order valence-corrected chi connectivity index (χ4v) is 3.06. The maximum absolute atomic E-state index is 12.0. The van der Waals surface area contributed by atoms with Crippen LogP contribution in [-0.4, -0.2) is 33.3 Å². The maximum Gasteiger partial charge on any atom is 0.261 e.